The van der Waals surface area contributed by atoms with Crippen LogP contribution in [-0.2, 0) is 6.54 Å². The molecular formula is C16H23N5OS. The molecule has 6 nitrogen and oxygen atoms in total. The number of hydrogen-bond donors (Lipinski definition) is 2. The molecule has 0 radical (unpaired) electrons. The van der Waals surface area contributed by atoms with Crippen LogP contribution in [0.2, 0.25) is 0 Å². The van der Waals surface area contributed by atoms with Crippen molar-refractivity contribution in [2.45, 2.75) is 12.6 Å². The lowest BCUT2D eigenvalue weighted by molar-refractivity contribution is 0.175. The number of rotatable bonds is 6. The molecule has 0 saturated carbocycles. The van der Waals surface area contributed by atoms with Crippen LogP contribution in [0.4, 0.5) is 5.95 Å². The molecule has 0 bridgehead atoms. The minimum Gasteiger partial charge on any atom is -0.387 e. The molecule has 23 heavy (non-hydrogen) atoms. The van der Waals surface area contributed by atoms with E-state index in [1.54, 1.807) is 11.3 Å². The topological polar surface area (TPSA) is 64.5 Å². The van der Waals surface area contributed by atoms with Gasteiger partial charge in [-0.2, -0.15) is 11.3 Å². The van der Waals surface area contributed by atoms with E-state index < -0.39 is 6.10 Å². The molecule has 0 spiro atoms. The smallest absolute Gasteiger partial charge is 0.225 e. The lowest BCUT2D eigenvalue weighted by Crippen LogP contribution is -2.45. The second kappa shape index (κ2) is 7.83. The second-order valence-electron chi connectivity index (χ2n) is 5.89. The lowest BCUT2D eigenvalue weighted by atomic mass is 10.2. The van der Waals surface area contributed by atoms with Crippen molar-refractivity contribution in [3.8, 4) is 0 Å². The first-order valence-electron chi connectivity index (χ1n) is 7.87. The Bertz CT molecular complexity index is 581. The molecule has 2 aromatic rings. The fourth-order valence-corrected chi connectivity index (χ4v) is 3.25. The van der Waals surface area contributed by atoms with Gasteiger partial charge in [0, 0.05) is 57.2 Å². The molecular weight excluding hydrogens is 310 g/mol. The number of likely N-dealkylation sites (N-methyl/N-ethyl adjacent to an activating group) is 1. The van der Waals surface area contributed by atoms with Crippen LogP contribution in [0.25, 0.3) is 0 Å². The molecule has 1 atom stereocenters. The highest BCUT2D eigenvalue weighted by Gasteiger charge is 2.16. The van der Waals surface area contributed by atoms with Crippen molar-refractivity contribution < 1.29 is 5.11 Å². The number of thiophene rings is 1. The highest BCUT2D eigenvalue weighted by atomic mass is 32.1. The summed E-state index contributed by atoms with van der Waals surface area (Å²) in [4.78, 5) is 13.5. The largest absolute Gasteiger partial charge is 0.387 e. The second-order valence-corrected chi connectivity index (χ2v) is 6.67. The van der Waals surface area contributed by atoms with Crippen LogP contribution >= 0.6 is 11.3 Å². The Morgan fingerprint density at radius 2 is 2.00 bits per heavy atom. The van der Waals surface area contributed by atoms with Crippen molar-refractivity contribution in [1.82, 2.24) is 20.2 Å². The molecule has 1 fully saturated rings. The van der Waals surface area contributed by atoms with Crippen LogP contribution in [0.15, 0.2) is 29.2 Å². The lowest BCUT2D eigenvalue weighted by Gasteiger charge is -2.32. The van der Waals surface area contributed by atoms with Gasteiger partial charge in [-0.25, -0.2) is 9.97 Å². The summed E-state index contributed by atoms with van der Waals surface area (Å²) < 4.78 is 0. The van der Waals surface area contributed by atoms with Gasteiger partial charge in [0.1, 0.15) is 0 Å². The van der Waals surface area contributed by atoms with Crippen molar-refractivity contribution in [1.29, 1.82) is 0 Å². The first-order chi connectivity index (χ1) is 11.2. The molecule has 2 N–H and O–H groups in total. The fourth-order valence-electron chi connectivity index (χ4n) is 2.54. The summed E-state index contributed by atoms with van der Waals surface area (Å²) in [5.41, 5.74) is 1.99. The summed E-state index contributed by atoms with van der Waals surface area (Å²) in [7, 11) is 2.14. The summed E-state index contributed by atoms with van der Waals surface area (Å²) in [5.74, 6) is 0.806. The molecule has 0 aliphatic carbocycles. The Morgan fingerprint density at radius 3 is 2.65 bits per heavy atom. The van der Waals surface area contributed by atoms with Crippen molar-refractivity contribution in [3.63, 3.8) is 0 Å². The Balaban J connectivity index is 1.46. The number of anilines is 1. The van der Waals surface area contributed by atoms with E-state index in [1.807, 2.05) is 29.2 Å². The standard InChI is InChI=1S/C16H23N5OS/c1-20-3-5-21(6-4-20)16-18-9-13(10-19-16)8-17-11-15(22)14-2-7-23-12-14/h2,7,9-10,12,15,17,22H,3-6,8,11H2,1H3. The maximum atomic E-state index is 10.0. The van der Waals surface area contributed by atoms with Crippen LogP contribution in [0.3, 0.4) is 0 Å². The Hall–Kier alpha value is -1.54. The number of aliphatic hydroxyl groups excluding tert-OH is 1. The van der Waals surface area contributed by atoms with Gasteiger partial charge in [0.05, 0.1) is 6.10 Å². The molecule has 7 heteroatoms. The zero-order chi connectivity index (χ0) is 16.1. The monoisotopic (exact) mass is 333 g/mol. The molecule has 1 aliphatic heterocycles. The zero-order valence-corrected chi connectivity index (χ0v) is 14.2. The van der Waals surface area contributed by atoms with E-state index in [9.17, 15) is 5.11 Å². The van der Waals surface area contributed by atoms with Gasteiger partial charge < -0.3 is 20.2 Å². The predicted molar refractivity (Wildman–Crippen MR) is 92.7 cm³/mol. The first-order valence-corrected chi connectivity index (χ1v) is 8.82. The fraction of sp³-hybridized carbons (Fsp3) is 0.500. The average Bonchev–Trinajstić information content (AvgIpc) is 3.11. The minimum absolute atomic E-state index is 0.466. The summed E-state index contributed by atoms with van der Waals surface area (Å²) in [6.45, 7) is 5.23. The van der Waals surface area contributed by atoms with E-state index in [2.05, 4.69) is 32.1 Å². The Kier molecular flexibility index (Phi) is 5.56. The molecule has 1 saturated heterocycles. The summed E-state index contributed by atoms with van der Waals surface area (Å²) >= 11 is 1.60. The third kappa shape index (κ3) is 4.48. The minimum atomic E-state index is -0.466. The van der Waals surface area contributed by atoms with Gasteiger partial charge in [0.25, 0.3) is 0 Å². The molecule has 3 rings (SSSR count). The van der Waals surface area contributed by atoms with Gasteiger partial charge in [-0.1, -0.05) is 0 Å². The number of nitrogens with one attached hydrogen (secondary N) is 1. The van der Waals surface area contributed by atoms with Crippen molar-refractivity contribution >= 4 is 17.3 Å². The van der Waals surface area contributed by atoms with Gasteiger partial charge in [-0.3, -0.25) is 0 Å². The maximum absolute atomic E-state index is 10.0. The summed E-state index contributed by atoms with van der Waals surface area (Å²) in [6.07, 6.45) is 3.27. The van der Waals surface area contributed by atoms with E-state index in [0.29, 0.717) is 13.1 Å². The normalized spacial score (nSPS) is 17.4. The number of piperazine rings is 1. The Morgan fingerprint density at radius 1 is 1.26 bits per heavy atom. The molecule has 1 unspecified atom stereocenters. The number of aliphatic hydroxyl groups is 1. The molecule has 1 aliphatic rings. The average molecular weight is 333 g/mol. The van der Waals surface area contributed by atoms with Crippen LogP contribution in [-0.4, -0.2) is 59.7 Å². The van der Waals surface area contributed by atoms with Gasteiger partial charge in [-0.05, 0) is 29.4 Å². The predicted octanol–water partition coefficient (Wildman–Crippen LogP) is 1.11. The van der Waals surface area contributed by atoms with Gasteiger partial charge in [0.15, 0.2) is 0 Å². The third-order valence-electron chi connectivity index (χ3n) is 4.07. The molecule has 3 heterocycles. The van der Waals surface area contributed by atoms with Gasteiger partial charge >= 0.3 is 0 Å². The van der Waals surface area contributed by atoms with Crippen LogP contribution in [0.1, 0.15) is 17.2 Å². The number of aromatic nitrogens is 2. The quantitative estimate of drug-likeness (QED) is 0.826. The van der Waals surface area contributed by atoms with Crippen LogP contribution in [0, 0.1) is 0 Å². The van der Waals surface area contributed by atoms with E-state index >= 15 is 0 Å². The summed E-state index contributed by atoms with van der Waals surface area (Å²) in [5, 5.41) is 17.2. The van der Waals surface area contributed by atoms with E-state index in [1.165, 1.54) is 0 Å². The highest BCUT2D eigenvalue weighted by Crippen LogP contribution is 2.15. The molecule has 124 valence electrons. The SMILES string of the molecule is CN1CCN(c2ncc(CNCC(O)c3ccsc3)cn2)CC1. The van der Waals surface area contributed by atoms with Crippen LogP contribution < -0.4 is 10.2 Å². The van der Waals surface area contributed by atoms with Gasteiger partial charge in [0.2, 0.25) is 5.95 Å². The van der Waals surface area contributed by atoms with Gasteiger partial charge in [-0.15, -0.1) is 0 Å². The third-order valence-corrected chi connectivity index (χ3v) is 4.77. The zero-order valence-electron chi connectivity index (χ0n) is 13.4. The van der Waals surface area contributed by atoms with Crippen molar-refractivity contribution in [2.75, 3.05) is 44.7 Å². The van der Waals surface area contributed by atoms with E-state index in [-0.39, 0.29) is 0 Å². The number of nitrogens with zero attached hydrogens (tertiary/aromatic N) is 4. The first kappa shape index (κ1) is 16.3. The maximum Gasteiger partial charge on any atom is 0.225 e. The Labute approximate surface area is 140 Å². The van der Waals surface area contributed by atoms with Crippen molar-refractivity contribution in [2.24, 2.45) is 0 Å². The van der Waals surface area contributed by atoms with Crippen LogP contribution in [0.5, 0.6) is 0 Å². The highest BCUT2D eigenvalue weighted by molar-refractivity contribution is 7.07. The van der Waals surface area contributed by atoms with E-state index in [0.717, 1.165) is 43.3 Å². The van der Waals surface area contributed by atoms with E-state index in [4.69, 9.17) is 0 Å². The molecule has 0 amide bonds. The number of hydrogen-bond acceptors (Lipinski definition) is 7. The summed E-state index contributed by atoms with van der Waals surface area (Å²) in [6, 6.07) is 1.95. The molecule has 0 aromatic carbocycles. The molecule has 2 aromatic heterocycles. The van der Waals surface area contributed by atoms with Crippen molar-refractivity contribution in [3.05, 3.63) is 40.3 Å².